The zero-order valence-electron chi connectivity index (χ0n) is 12.8. The fraction of sp³-hybridized carbons (Fsp3) is 0.438. The second-order valence-corrected chi connectivity index (χ2v) is 7.40. The second-order valence-electron chi connectivity index (χ2n) is 5.49. The van der Waals surface area contributed by atoms with Gasteiger partial charge in [-0.3, -0.25) is 9.10 Å². The summed E-state index contributed by atoms with van der Waals surface area (Å²) in [6, 6.07) is 8.66. The first-order valence-electron chi connectivity index (χ1n) is 7.44. The van der Waals surface area contributed by atoms with Crippen molar-refractivity contribution in [1.82, 2.24) is 5.32 Å². The summed E-state index contributed by atoms with van der Waals surface area (Å²) in [5, 5.41) is 2.81. The lowest BCUT2D eigenvalue weighted by molar-refractivity contribution is -0.119. The number of allylic oxidation sites excluding steroid dienone is 1. The molecule has 22 heavy (non-hydrogen) atoms. The number of rotatable bonds is 6. The van der Waals surface area contributed by atoms with Gasteiger partial charge < -0.3 is 5.32 Å². The van der Waals surface area contributed by atoms with Crippen molar-refractivity contribution in [3.63, 3.8) is 0 Å². The third kappa shape index (κ3) is 4.87. The van der Waals surface area contributed by atoms with Gasteiger partial charge >= 0.3 is 0 Å². The first-order valence-corrected chi connectivity index (χ1v) is 9.29. The average Bonchev–Trinajstić information content (AvgIpc) is 2.51. The maximum absolute atomic E-state index is 12.1. The van der Waals surface area contributed by atoms with Crippen LogP contribution in [-0.4, -0.2) is 33.7 Å². The molecule has 1 N–H and O–H groups in total. The van der Waals surface area contributed by atoms with Gasteiger partial charge in [0.15, 0.2) is 0 Å². The lowest BCUT2D eigenvalue weighted by atomic mass is 10.00. The van der Waals surface area contributed by atoms with Gasteiger partial charge in [-0.25, -0.2) is 8.42 Å². The van der Waals surface area contributed by atoms with E-state index in [0.29, 0.717) is 12.2 Å². The van der Waals surface area contributed by atoms with E-state index in [1.54, 1.807) is 30.3 Å². The quantitative estimate of drug-likeness (QED) is 0.815. The molecule has 120 valence electrons. The van der Waals surface area contributed by atoms with Gasteiger partial charge in [0, 0.05) is 6.54 Å². The molecule has 0 atom stereocenters. The minimum Gasteiger partial charge on any atom is -0.351 e. The van der Waals surface area contributed by atoms with E-state index in [-0.39, 0.29) is 12.5 Å². The molecule has 1 aliphatic rings. The molecule has 0 spiro atoms. The Morgan fingerprint density at radius 1 is 1.23 bits per heavy atom. The first-order chi connectivity index (χ1) is 10.5. The number of sulfonamides is 1. The Morgan fingerprint density at radius 3 is 2.55 bits per heavy atom. The Kier molecular flexibility index (Phi) is 5.60. The molecule has 1 aromatic rings. The van der Waals surface area contributed by atoms with E-state index in [0.717, 1.165) is 29.8 Å². The molecule has 6 heteroatoms. The Morgan fingerprint density at radius 2 is 1.95 bits per heavy atom. The van der Waals surface area contributed by atoms with Crippen LogP contribution in [0.4, 0.5) is 5.69 Å². The van der Waals surface area contributed by atoms with E-state index in [2.05, 4.69) is 11.4 Å². The molecule has 0 aromatic heterocycles. The van der Waals surface area contributed by atoms with Crippen molar-refractivity contribution in [2.24, 2.45) is 0 Å². The van der Waals surface area contributed by atoms with Crippen molar-refractivity contribution >= 4 is 21.6 Å². The fourth-order valence-electron chi connectivity index (χ4n) is 2.46. The average molecular weight is 322 g/mol. The highest BCUT2D eigenvalue weighted by Crippen LogP contribution is 2.17. The highest BCUT2D eigenvalue weighted by Gasteiger charge is 2.20. The highest BCUT2D eigenvalue weighted by atomic mass is 32.2. The third-order valence-corrected chi connectivity index (χ3v) is 4.77. The number of hydrogen-bond donors (Lipinski definition) is 1. The number of carbonyl (C=O) groups excluding carboxylic acids is 1. The van der Waals surface area contributed by atoms with Crippen LogP contribution in [0.15, 0.2) is 42.0 Å². The summed E-state index contributed by atoms with van der Waals surface area (Å²) in [6.45, 7) is 0.307. The van der Waals surface area contributed by atoms with E-state index in [4.69, 9.17) is 0 Å². The number of benzene rings is 1. The predicted octanol–water partition coefficient (Wildman–Crippen LogP) is 2.07. The van der Waals surface area contributed by atoms with Crippen LogP contribution in [0.25, 0.3) is 0 Å². The molecule has 0 radical (unpaired) electrons. The third-order valence-electron chi connectivity index (χ3n) is 3.63. The molecule has 1 amide bonds. The normalized spacial score (nSPS) is 15.0. The number of nitrogens with one attached hydrogen (secondary N) is 1. The van der Waals surface area contributed by atoms with Crippen LogP contribution in [-0.2, 0) is 14.8 Å². The zero-order valence-corrected chi connectivity index (χ0v) is 13.6. The van der Waals surface area contributed by atoms with Gasteiger partial charge in [-0.05, 0) is 37.8 Å². The summed E-state index contributed by atoms with van der Waals surface area (Å²) in [5.41, 5.74) is 1.72. The van der Waals surface area contributed by atoms with Gasteiger partial charge in [-0.2, -0.15) is 0 Å². The molecule has 5 nitrogen and oxygen atoms in total. The summed E-state index contributed by atoms with van der Waals surface area (Å²) in [5.74, 6) is -0.291. The first kappa shape index (κ1) is 16.5. The topological polar surface area (TPSA) is 66.5 Å². The Labute approximate surface area is 132 Å². The van der Waals surface area contributed by atoms with Gasteiger partial charge in [0.1, 0.15) is 6.54 Å². The lowest BCUT2D eigenvalue weighted by Crippen LogP contribution is -2.41. The molecular weight excluding hydrogens is 300 g/mol. The summed E-state index contributed by atoms with van der Waals surface area (Å²) in [6.07, 6.45) is 7.69. The number of anilines is 1. The maximum Gasteiger partial charge on any atom is 0.241 e. The SMILES string of the molecule is CS(=O)(=O)N(CC(=O)NCC1=CCCCC1)c1ccccc1. The predicted molar refractivity (Wildman–Crippen MR) is 88.2 cm³/mol. The van der Waals surface area contributed by atoms with Crippen molar-refractivity contribution < 1.29 is 13.2 Å². The van der Waals surface area contributed by atoms with Crippen molar-refractivity contribution in [3.05, 3.63) is 42.0 Å². The molecule has 0 saturated carbocycles. The number of hydrogen-bond acceptors (Lipinski definition) is 3. The molecule has 2 rings (SSSR count). The van der Waals surface area contributed by atoms with Crippen molar-refractivity contribution in [3.8, 4) is 0 Å². The minimum atomic E-state index is -3.50. The van der Waals surface area contributed by atoms with Gasteiger partial charge in [-0.1, -0.05) is 29.8 Å². The summed E-state index contributed by atoms with van der Waals surface area (Å²) < 4.78 is 24.9. The second kappa shape index (κ2) is 7.45. The van der Waals surface area contributed by atoms with E-state index in [1.807, 2.05) is 0 Å². The Bertz CT molecular complexity index is 639. The zero-order chi connectivity index (χ0) is 16.0. The van der Waals surface area contributed by atoms with Crippen molar-refractivity contribution in [2.75, 3.05) is 23.7 Å². The van der Waals surface area contributed by atoms with Gasteiger partial charge in [0.2, 0.25) is 15.9 Å². The fourth-order valence-corrected chi connectivity index (χ4v) is 3.31. The molecule has 0 fully saturated rings. The number of amides is 1. The van der Waals surface area contributed by atoms with Crippen LogP contribution < -0.4 is 9.62 Å². The highest BCUT2D eigenvalue weighted by molar-refractivity contribution is 7.92. The van der Waals surface area contributed by atoms with E-state index in [9.17, 15) is 13.2 Å². The Hall–Kier alpha value is -1.82. The number of carbonyl (C=O) groups is 1. The standard InChI is InChI=1S/C16H22N2O3S/c1-22(20,21)18(15-10-6-3-7-11-15)13-16(19)17-12-14-8-4-2-5-9-14/h3,6-8,10-11H,2,4-5,9,12-13H2,1H3,(H,17,19). The number of para-hydroxylation sites is 1. The van der Waals surface area contributed by atoms with Crippen LogP contribution in [0, 0.1) is 0 Å². The molecule has 0 unspecified atom stereocenters. The Balaban J connectivity index is 1.98. The summed E-state index contributed by atoms with van der Waals surface area (Å²) >= 11 is 0. The lowest BCUT2D eigenvalue weighted by Gasteiger charge is -2.22. The molecule has 0 saturated heterocycles. The minimum absolute atomic E-state index is 0.198. The molecule has 0 bridgehead atoms. The van der Waals surface area contributed by atoms with Gasteiger partial charge in [0.05, 0.1) is 11.9 Å². The molecule has 0 heterocycles. The van der Waals surface area contributed by atoms with Crippen LogP contribution in [0.3, 0.4) is 0 Å². The summed E-state index contributed by atoms with van der Waals surface area (Å²) in [7, 11) is -3.50. The molecular formula is C16H22N2O3S. The molecule has 1 aliphatic carbocycles. The van der Waals surface area contributed by atoms with Crippen LogP contribution in [0.1, 0.15) is 25.7 Å². The van der Waals surface area contributed by atoms with E-state index in [1.165, 1.54) is 12.0 Å². The van der Waals surface area contributed by atoms with Crippen LogP contribution in [0.2, 0.25) is 0 Å². The van der Waals surface area contributed by atoms with Crippen molar-refractivity contribution in [1.29, 1.82) is 0 Å². The van der Waals surface area contributed by atoms with E-state index >= 15 is 0 Å². The molecule has 0 aliphatic heterocycles. The van der Waals surface area contributed by atoms with Crippen LogP contribution >= 0.6 is 0 Å². The van der Waals surface area contributed by atoms with Crippen LogP contribution in [0.5, 0.6) is 0 Å². The largest absolute Gasteiger partial charge is 0.351 e. The molecule has 1 aromatic carbocycles. The van der Waals surface area contributed by atoms with Crippen molar-refractivity contribution in [2.45, 2.75) is 25.7 Å². The van der Waals surface area contributed by atoms with Gasteiger partial charge in [0.25, 0.3) is 0 Å². The number of nitrogens with zero attached hydrogens (tertiary/aromatic N) is 1. The van der Waals surface area contributed by atoms with E-state index < -0.39 is 10.0 Å². The maximum atomic E-state index is 12.1. The summed E-state index contributed by atoms with van der Waals surface area (Å²) in [4.78, 5) is 12.1. The van der Waals surface area contributed by atoms with Gasteiger partial charge in [-0.15, -0.1) is 0 Å². The smallest absolute Gasteiger partial charge is 0.241 e. The monoisotopic (exact) mass is 322 g/mol.